The Hall–Kier alpha value is -3.54. The third kappa shape index (κ3) is 6.07. The molecular weight excluding hydrogens is 461 g/mol. The Labute approximate surface area is 199 Å². The Morgan fingerprint density at radius 3 is 2.68 bits per heavy atom. The molecule has 10 nitrogen and oxygen atoms in total. The van der Waals surface area contributed by atoms with Gasteiger partial charge >= 0.3 is 6.09 Å². The van der Waals surface area contributed by atoms with Crippen molar-refractivity contribution in [3.05, 3.63) is 42.5 Å². The van der Waals surface area contributed by atoms with Gasteiger partial charge in [-0.2, -0.15) is 5.10 Å². The van der Waals surface area contributed by atoms with Crippen molar-refractivity contribution in [3.63, 3.8) is 0 Å². The molecule has 1 unspecified atom stereocenters. The highest BCUT2D eigenvalue weighted by atomic mass is 32.2. The fourth-order valence-electron chi connectivity index (χ4n) is 3.14. The molecule has 0 spiro atoms. The van der Waals surface area contributed by atoms with E-state index in [-0.39, 0.29) is 23.3 Å². The highest BCUT2D eigenvalue weighted by Crippen LogP contribution is 2.35. The molecule has 34 heavy (non-hydrogen) atoms. The number of carbonyl (C=O) groups is 1. The first kappa shape index (κ1) is 25.1. The summed E-state index contributed by atoms with van der Waals surface area (Å²) in [6, 6.07) is 6.34. The maximum atomic E-state index is 15.3. The van der Waals surface area contributed by atoms with Gasteiger partial charge in [-0.15, -0.1) is 0 Å². The van der Waals surface area contributed by atoms with Crippen LogP contribution in [0.5, 0.6) is 0 Å². The molecule has 0 fully saturated rings. The molecule has 0 saturated heterocycles. The number of aromatic nitrogens is 4. The van der Waals surface area contributed by atoms with Crippen molar-refractivity contribution in [2.24, 2.45) is 0 Å². The number of benzene rings is 1. The van der Waals surface area contributed by atoms with Gasteiger partial charge in [0.1, 0.15) is 16.7 Å². The first-order valence-corrected chi connectivity index (χ1v) is 12.1. The molecule has 182 valence electrons. The lowest BCUT2D eigenvalue weighted by Gasteiger charge is -2.14. The van der Waals surface area contributed by atoms with Crippen molar-refractivity contribution in [2.75, 3.05) is 29.9 Å². The summed E-state index contributed by atoms with van der Waals surface area (Å²) in [4.78, 5) is 20.2. The zero-order valence-electron chi connectivity index (χ0n) is 19.6. The maximum Gasteiger partial charge on any atom is 0.407 e. The van der Waals surface area contributed by atoms with Crippen LogP contribution in [0.4, 0.5) is 20.8 Å². The van der Waals surface area contributed by atoms with Crippen LogP contribution >= 0.6 is 0 Å². The standard InChI is InChI=1S/C22H28FN7O3S/c1-13(2)30-12-16(20(28-30)15-7-6-8-18(19(15)23)29-34(5)32)17-9-10-24-21(27-17)25-11-14(3)26-22(31)33-4/h6-10,12-14,29H,11H2,1-5H3,(H,26,31)(H,24,25,27)/t14-,34?/m0/s1. The SMILES string of the molecule is COC(=O)N[C@@H](C)CNc1nccc(-c2cn(C(C)C)nc2-c2cccc(NS(C)=O)c2F)n1. The van der Waals surface area contributed by atoms with Gasteiger partial charge in [-0.05, 0) is 39.0 Å². The van der Waals surface area contributed by atoms with Gasteiger partial charge < -0.3 is 20.1 Å². The van der Waals surface area contributed by atoms with E-state index >= 15 is 4.39 Å². The summed E-state index contributed by atoms with van der Waals surface area (Å²) >= 11 is 0. The molecule has 0 saturated carbocycles. The van der Waals surface area contributed by atoms with Crippen molar-refractivity contribution < 1.29 is 18.1 Å². The highest BCUT2D eigenvalue weighted by Gasteiger charge is 2.21. The van der Waals surface area contributed by atoms with Crippen LogP contribution in [0.15, 0.2) is 36.7 Å². The van der Waals surface area contributed by atoms with E-state index in [1.807, 2.05) is 27.0 Å². The van der Waals surface area contributed by atoms with Crippen LogP contribution in [0.2, 0.25) is 0 Å². The molecule has 0 radical (unpaired) electrons. The van der Waals surface area contributed by atoms with Crippen molar-refractivity contribution in [1.82, 2.24) is 25.1 Å². The number of alkyl carbamates (subject to hydrolysis) is 1. The summed E-state index contributed by atoms with van der Waals surface area (Å²) < 4.78 is 35.8. The number of rotatable bonds is 9. The Bertz CT molecular complexity index is 1190. The van der Waals surface area contributed by atoms with Crippen LogP contribution in [0, 0.1) is 5.82 Å². The summed E-state index contributed by atoms with van der Waals surface area (Å²) in [6.45, 7) is 6.12. The van der Waals surface area contributed by atoms with Crippen molar-refractivity contribution in [1.29, 1.82) is 0 Å². The van der Waals surface area contributed by atoms with E-state index in [0.29, 0.717) is 29.4 Å². The van der Waals surface area contributed by atoms with Gasteiger partial charge in [0.25, 0.3) is 0 Å². The minimum atomic E-state index is -1.43. The van der Waals surface area contributed by atoms with Crippen molar-refractivity contribution >= 4 is 28.7 Å². The van der Waals surface area contributed by atoms with Gasteiger partial charge in [-0.1, -0.05) is 6.07 Å². The van der Waals surface area contributed by atoms with Crippen LogP contribution in [0.3, 0.4) is 0 Å². The molecule has 2 aromatic heterocycles. The zero-order valence-corrected chi connectivity index (χ0v) is 20.4. The normalized spacial score (nSPS) is 12.8. The van der Waals surface area contributed by atoms with Crippen molar-refractivity contribution in [3.8, 4) is 22.5 Å². The smallest absolute Gasteiger partial charge is 0.407 e. The molecule has 1 amide bonds. The lowest BCUT2D eigenvalue weighted by atomic mass is 10.0. The number of nitrogens with zero attached hydrogens (tertiary/aromatic N) is 4. The van der Waals surface area contributed by atoms with Gasteiger partial charge in [0.2, 0.25) is 5.95 Å². The first-order chi connectivity index (χ1) is 16.2. The average Bonchev–Trinajstić information content (AvgIpc) is 3.24. The lowest BCUT2D eigenvalue weighted by molar-refractivity contribution is 0.168. The monoisotopic (exact) mass is 489 g/mol. The third-order valence-corrected chi connectivity index (χ3v) is 5.32. The number of amides is 1. The highest BCUT2D eigenvalue weighted by molar-refractivity contribution is 7.85. The Balaban J connectivity index is 1.96. The molecule has 3 N–H and O–H groups in total. The quantitative estimate of drug-likeness (QED) is 0.420. The van der Waals surface area contributed by atoms with E-state index in [1.54, 1.807) is 29.1 Å². The minimum absolute atomic E-state index is 0.0321. The molecule has 2 atom stereocenters. The Morgan fingerprint density at radius 1 is 1.24 bits per heavy atom. The number of halogens is 1. The number of hydrogen-bond donors (Lipinski definition) is 3. The van der Waals surface area contributed by atoms with Crippen LogP contribution in [-0.2, 0) is 15.7 Å². The molecule has 1 aromatic carbocycles. The first-order valence-electron chi connectivity index (χ1n) is 10.6. The van der Waals surface area contributed by atoms with Crippen LogP contribution in [-0.4, -0.2) is 56.0 Å². The van der Waals surface area contributed by atoms with Gasteiger partial charge in [-0.3, -0.25) is 4.68 Å². The van der Waals surface area contributed by atoms with Gasteiger partial charge in [-0.25, -0.2) is 23.4 Å². The van der Waals surface area contributed by atoms with Crippen molar-refractivity contribution in [2.45, 2.75) is 32.9 Å². The van der Waals surface area contributed by atoms with Crippen LogP contribution in [0.25, 0.3) is 22.5 Å². The minimum Gasteiger partial charge on any atom is -0.453 e. The third-order valence-electron chi connectivity index (χ3n) is 4.82. The van der Waals surface area contributed by atoms with Gasteiger partial charge in [0.15, 0.2) is 5.82 Å². The van der Waals surface area contributed by atoms with Gasteiger partial charge in [0.05, 0.1) is 18.5 Å². The number of carbonyl (C=O) groups excluding carboxylic acids is 1. The van der Waals surface area contributed by atoms with E-state index in [4.69, 9.17) is 0 Å². The maximum absolute atomic E-state index is 15.3. The summed E-state index contributed by atoms with van der Waals surface area (Å²) in [5.41, 5.74) is 1.95. The molecule has 3 aromatic rings. The predicted molar refractivity (Wildman–Crippen MR) is 130 cm³/mol. The second-order valence-electron chi connectivity index (χ2n) is 7.87. The zero-order chi connectivity index (χ0) is 24.8. The predicted octanol–water partition coefficient (Wildman–Crippen LogP) is 3.59. The summed E-state index contributed by atoms with van der Waals surface area (Å²) in [5.74, 6) is -0.209. The van der Waals surface area contributed by atoms with Crippen LogP contribution in [0.1, 0.15) is 26.8 Å². The summed E-state index contributed by atoms with van der Waals surface area (Å²) in [5, 5.41) is 10.3. The van der Waals surface area contributed by atoms with Gasteiger partial charge in [0, 0.05) is 48.4 Å². The molecule has 0 aliphatic heterocycles. The molecular formula is C22H28FN7O3S. The Kier molecular flexibility index (Phi) is 8.16. The number of anilines is 2. The fourth-order valence-corrected chi connectivity index (χ4v) is 3.61. The molecule has 3 rings (SSSR count). The number of ether oxygens (including phenoxy) is 1. The molecule has 12 heteroatoms. The summed E-state index contributed by atoms with van der Waals surface area (Å²) in [6.07, 6.45) is 4.31. The number of hydrogen-bond acceptors (Lipinski definition) is 7. The van der Waals surface area contributed by atoms with E-state index in [0.717, 1.165) is 0 Å². The molecule has 0 aliphatic rings. The largest absolute Gasteiger partial charge is 0.453 e. The fraction of sp³-hybridized carbons (Fsp3) is 0.364. The summed E-state index contributed by atoms with van der Waals surface area (Å²) in [7, 11) is -0.129. The number of nitrogens with one attached hydrogen (secondary N) is 3. The lowest BCUT2D eigenvalue weighted by Crippen LogP contribution is -2.37. The van der Waals surface area contributed by atoms with E-state index in [1.165, 1.54) is 19.4 Å². The molecule has 0 aliphatic carbocycles. The second kappa shape index (κ2) is 11.1. The van der Waals surface area contributed by atoms with Crippen LogP contribution < -0.4 is 15.4 Å². The topological polar surface area (TPSA) is 123 Å². The van der Waals surface area contributed by atoms with E-state index in [2.05, 4.69) is 35.2 Å². The molecule has 0 bridgehead atoms. The van der Waals surface area contributed by atoms with E-state index < -0.39 is 22.9 Å². The Morgan fingerprint density at radius 2 is 2.00 bits per heavy atom. The molecule has 2 heterocycles. The average molecular weight is 490 g/mol. The van der Waals surface area contributed by atoms with E-state index in [9.17, 15) is 9.00 Å². The second-order valence-corrected chi connectivity index (χ2v) is 8.98. The number of methoxy groups -OCH3 is 1.